The molecular weight excluding hydrogens is 372 g/mol. The fourth-order valence-electron chi connectivity index (χ4n) is 3.48. The number of aromatic nitrogens is 1. The molecule has 0 radical (unpaired) electrons. The number of amides is 1. The normalized spacial score (nSPS) is 12.6. The van der Waals surface area contributed by atoms with Gasteiger partial charge in [-0.2, -0.15) is 0 Å². The van der Waals surface area contributed by atoms with Gasteiger partial charge in [-0.25, -0.2) is 0 Å². The highest BCUT2D eigenvalue weighted by atomic mass is 35.5. The minimum atomic E-state index is -0.0221. The molecule has 0 fully saturated rings. The zero-order chi connectivity index (χ0) is 19.7. The molecule has 4 nitrogen and oxygen atoms in total. The maximum absolute atomic E-state index is 12.4. The number of hydrogen-bond donors (Lipinski definition) is 0. The van der Waals surface area contributed by atoms with Gasteiger partial charge in [0.05, 0.1) is 19.3 Å². The lowest BCUT2D eigenvalue weighted by Crippen LogP contribution is -2.29. The van der Waals surface area contributed by atoms with E-state index in [1.807, 2.05) is 48.6 Å². The van der Waals surface area contributed by atoms with Crippen LogP contribution < -0.4 is 9.64 Å². The fourth-order valence-corrected chi connectivity index (χ4v) is 3.66. The van der Waals surface area contributed by atoms with E-state index in [1.165, 1.54) is 0 Å². The van der Waals surface area contributed by atoms with Gasteiger partial charge in [-0.15, -0.1) is 0 Å². The van der Waals surface area contributed by atoms with Crippen LogP contribution in [0.1, 0.15) is 23.6 Å². The van der Waals surface area contributed by atoms with Crippen molar-refractivity contribution in [3.8, 4) is 16.9 Å². The van der Waals surface area contributed by atoms with Crippen molar-refractivity contribution in [3.05, 3.63) is 76.6 Å². The molecule has 1 aromatic heterocycles. The number of carbonyl (C=O) groups excluding carboxylic acids is 1. The fraction of sp³-hybridized carbons (Fsp3) is 0.130. The molecule has 1 amide bonds. The highest BCUT2D eigenvalue weighted by Gasteiger charge is 2.20. The van der Waals surface area contributed by atoms with Crippen molar-refractivity contribution in [1.82, 2.24) is 4.98 Å². The van der Waals surface area contributed by atoms with E-state index in [0.29, 0.717) is 11.6 Å². The third-order valence-corrected chi connectivity index (χ3v) is 5.12. The Balaban J connectivity index is 1.91. The van der Waals surface area contributed by atoms with Gasteiger partial charge in [0.1, 0.15) is 5.75 Å². The van der Waals surface area contributed by atoms with Gasteiger partial charge in [0, 0.05) is 29.9 Å². The summed E-state index contributed by atoms with van der Waals surface area (Å²) in [5, 5.41) is 0.637. The average molecular weight is 391 g/mol. The number of pyridine rings is 1. The molecule has 0 unspecified atom stereocenters. The van der Waals surface area contributed by atoms with Crippen molar-refractivity contribution < 1.29 is 9.53 Å². The van der Waals surface area contributed by atoms with Crippen LogP contribution in [0.5, 0.6) is 5.75 Å². The quantitative estimate of drug-likeness (QED) is 0.584. The van der Waals surface area contributed by atoms with Crippen LogP contribution in [0.4, 0.5) is 5.69 Å². The summed E-state index contributed by atoms with van der Waals surface area (Å²) in [6, 6.07) is 13.6. The smallest absolute Gasteiger partial charge is 0.224 e. The predicted octanol–water partition coefficient (Wildman–Crippen LogP) is 5.45. The molecule has 0 aliphatic carbocycles. The Morgan fingerprint density at radius 1 is 1.07 bits per heavy atom. The lowest BCUT2D eigenvalue weighted by atomic mass is 9.95. The van der Waals surface area contributed by atoms with Crippen LogP contribution >= 0.6 is 11.6 Å². The minimum Gasteiger partial charge on any atom is -0.496 e. The van der Waals surface area contributed by atoms with E-state index >= 15 is 0 Å². The van der Waals surface area contributed by atoms with Crippen LogP contribution in [0.2, 0.25) is 5.02 Å². The van der Waals surface area contributed by atoms with E-state index < -0.39 is 0 Å². The molecule has 2 aromatic carbocycles. The highest BCUT2D eigenvalue weighted by Crippen LogP contribution is 2.37. The Morgan fingerprint density at radius 2 is 1.82 bits per heavy atom. The summed E-state index contributed by atoms with van der Waals surface area (Å²) in [4.78, 5) is 18.3. The maximum atomic E-state index is 12.4. The lowest BCUT2D eigenvalue weighted by Gasteiger charge is -2.27. The van der Waals surface area contributed by atoms with Crippen molar-refractivity contribution >= 4 is 35.3 Å². The molecule has 0 saturated carbocycles. The number of nitrogens with zero attached hydrogens (tertiary/aromatic N) is 2. The Labute approximate surface area is 169 Å². The lowest BCUT2D eigenvalue weighted by molar-refractivity contribution is -0.116. The SMILES string of the molecule is COc1cc2c(cc1-c1ccncc1)CN(C(C)=O)c1ccc(Cl)cc1C=C2. The zero-order valence-electron chi connectivity index (χ0n) is 15.6. The summed E-state index contributed by atoms with van der Waals surface area (Å²) in [5.41, 5.74) is 5.79. The number of hydrogen-bond acceptors (Lipinski definition) is 3. The van der Waals surface area contributed by atoms with Gasteiger partial charge >= 0.3 is 0 Å². The summed E-state index contributed by atoms with van der Waals surface area (Å²) in [7, 11) is 1.66. The van der Waals surface area contributed by atoms with Crippen LogP contribution in [-0.4, -0.2) is 18.0 Å². The Hall–Kier alpha value is -3.11. The molecule has 1 aliphatic heterocycles. The molecule has 1 aliphatic rings. The first-order valence-electron chi connectivity index (χ1n) is 8.94. The number of benzene rings is 2. The van der Waals surface area contributed by atoms with Crippen molar-refractivity contribution in [3.63, 3.8) is 0 Å². The van der Waals surface area contributed by atoms with Gasteiger partial charge in [0.25, 0.3) is 0 Å². The van der Waals surface area contributed by atoms with Gasteiger partial charge in [-0.3, -0.25) is 9.78 Å². The standard InChI is InChI=1S/C23H19ClN2O2/c1-15(27)26-14-19-12-21(16-7-9-25-10-8-16)23(28-2)13-17(19)3-4-18-11-20(24)5-6-22(18)26/h3-13H,14H2,1-2H3. The number of fused-ring (bicyclic) bond motifs is 2. The number of carbonyl (C=O) groups is 1. The molecule has 0 spiro atoms. The number of rotatable bonds is 2. The van der Waals surface area contributed by atoms with E-state index in [0.717, 1.165) is 39.3 Å². The van der Waals surface area contributed by atoms with Crippen molar-refractivity contribution in [2.75, 3.05) is 12.0 Å². The second-order valence-corrected chi connectivity index (χ2v) is 7.07. The molecule has 28 heavy (non-hydrogen) atoms. The van der Waals surface area contributed by atoms with E-state index in [1.54, 1.807) is 31.3 Å². The summed E-state index contributed by atoms with van der Waals surface area (Å²) >= 11 is 6.17. The molecular formula is C23H19ClN2O2. The molecule has 0 bridgehead atoms. The van der Waals surface area contributed by atoms with Crippen molar-refractivity contribution in [2.45, 2.75) is 13.5 Å². The van der Waals surface area contributed by atoms with Crippen LogP contribution in [0, 0.1) is 0 Å². The predicted molar refractivity (Wildman–Crippen MR) is 113 cm³/mol. The molecule has 3 aromatic rings. The third-order valence-electron chi connectivity index (χ3n) is 4.88. The highest BCUT2D eigenvalue weighted by molar-refractivity contribution is 6.30. The Bertz CT molecular complexity index is 1080. The molecule has 140 valence electrons. The van der Waals surface area contributed by atoms with Gasteiger partial charge in [0.15, 0.2) is 0 Å². The first-order chi connectivity index (χ1) is 13.6. The molecule has 0 atom stereocenters. The van der Waals surface area contributed by atoms with Crippen molar-refractivity contribution in [2.24, 2.45) is 0 Å². The molecule has 5 heteroatoms. The van der Waals surface area contributed by atoms with E-state index in [2.05, 4.69) is 11.1 Å². The second kappa shape index (κ2) is 7.49. The zero-order valence-corrected chi connectivity index (χ0v) is 16.4. The summed E-state index contributed by atoms with van der Waals surface area (Å²) < 4.78 is 5.64. The van der Waals surface area contributed by atoms with Crippen molar-refractivity contribution in [1.29, 1.82) is 0 Å². The average Bonchev–Trinajstić information content (AvgIpc) is 2.70. The Kier molecular flexibility index (Phi) is 4.88. The van der Waals surface area contributed by atoms with Crippen LogP contribution in [0.25, 0.3) is 23.3 Å². The Morgan fingerprint density at radius 3 is 2.54 bits per heavy atom. The van der Waals surface area contributed by atoms with Gasteiger partial charge in [-0.1, -0.05) is 23.8 Å². The maximum Gasteiger partial charge on any atom is 0.224 e. The van der Waals surface area contributed by atoms with E-state index in [-0.39, 0.29) is 5.91 Å². The minimum absolute atomic E-state index is 0.0221. The number of methoxy groups -OCH3 is 1. The van der Waals surface area contributed by atoms with Crippen LogP contribution in [0.3, 0.4) is 0 Å². The largest absolute Gasteiger partial charge is 0.496 e. The summed E-state index contributed by atoms with van der Waals surface area (Å²) in [6.45, 7) is 2.04. The third kappa shape index (κ3) is 3.39. The van der Waals surface area contributed by atoms with Crippen LogP contribution in [-0.2, 0) is 11.3 Å². The van der Waals surface area contributed by atoms with Gasteiger partial charge < -0.3 is 9.64 Å². The molecule has 2 heterocycles. The van der Waals surface area contributed by atoms with E-state index in [9.17, 15) is 4.79 Å². The second-order valence-electron chi connectivity index (χ2n) is 6.63. The number of ether oxygens (including phenoxy) is 1. The monoisotopic (exact) mass is 390 g/mol. The first-order valence-corrected chi connectivity index (χ1v) is 9.31. The van der Waals surface area contributed by atoms with Gasteiger partial charge in [-0.05, 0) is 64.7 Å². The first kappa shape index (κ1) is 18.3. The summed E-state index contributed by atoms with van der Waals surface area (Å²) in [6.07, 6.45) is 7.54. The molecule has 0 saturated heterocycles. The van der Waals surface area contributed by atoms with Gasteiger partial charge in [0.2, 0.25) is 5.91 Å². The molecule has 0 N–H and O–H groups in total. The topological polar surface area (TPSA) is 42.4 Å². The summed E-state index contributed by atoms with van der Waals surface area (Å²) in [5.74, 6) is 0.752. The number of anilines is 1. The van der Waals surface area contributed by atoms with Crippen LogP contribution in [0.15, 0.2) is 54.9 Å². The number of halogens is 1. The molecule has 4 rings (SSSR count). The van der Waals surface area contributed by atoms with E-state index in [4.69, 9.17) is 16.3 Å².